The van der Waals surface area contributed by atoms with Gasteiger partial charge in [0.1, 0.15) is 0 Å². The fraction of sp³-hybridized carbons (Fsp3) is 0.158. The lowest BCUT2D eigenvalue weighted by Gasteiger charge is -2.15. The van der Waals surface area contributed by atoms with Crippen molar-refractivity contribution < 1.29 is 4.74 Å². The Kier molecular flexibility index (Phi) is 4.34. The molecular formula is C19H16IN3O. The summed E-state index contributed by atoms with van der Waals surface area (Å²) in [7, 11) is 0. The molecule has 0 bridgehead atoms. The second-order valence-corrected chi connectivity index (χ2v) is 6.83. The Bertz CT molecular complexity index is 928. The summed E-state index contributed by atoms with van der Waals surface area (Å²) in [5.41, 5.74) is 2.90. The number of pyridine rings is 1. The molecule has 1 aliphatic rings. The third-order valence-corrected chi connectivity index (χ3v) is 4.57. The van der Waals surface area contributed by atoms with Crippen molar-refractivity contribution in [3.63, 3.8) is 0 Å². The number of halogens is 1. The highest BCUT2D eigenvalue weighted by atomic mass is 127. The molecule has 4 nitrogen and oxygen atoms in total. The molecule has 0 saturated carbocycles. The molecule has 3 heterocycles. The minimum atomic E-state index is 0.746. The van der Waals surface area contributed by atoms with Gasteiger partial charge in [0.05, 0.1) is 23.5 Å². The number of benzene rings is 1. The Labute approximate surface area is 154 Å². The quantitative estimate of drug-likeness (QED) is 0.561. The van der Waals surface area contributed by atoms with Crippen LogP contribution in [-0.2, 0) is 4.74 Å². The highest BCUT2D eigenvalue weighted by Crippen LogP contribution is 2.27. The third-order valence-electron chi connectivity index (χ3n) is 3.90. The molecule has 120 valence electrons. The second kappa shape index (κ2) is 6.76. The highest BCUT2D eigenvalue weighted by molar-refractivity contribution is 14.1. The first kappa shape index (κ1) is 15.4. The molecule has 4 rings (SSSR count). The molecule has 5 heteroatoms. The zero-order chi connectivity index (χ0) is 16.4. The van der Waals surface area contributed by atoms with E-state index in [-0.39, 0.29) is 0 Å². The maximum atomic E-state index is 5.81. The van der Waals surface area contributed by atoms with E-state index in [0.717, 1.165) is 47.6 Å². The molecule has 0 spiro atoms. The van der Waals surface area contributed by atoms with E-state index in [4.69, 9.17) is 9.84 Å². The fourth-order valence-electron chi connectivity index (χ4n) is 2.73. The summed E-state index contributed by atoms with van der Waals surface area (Å²) in [4.78, 5) is 4.33. The van der Waals surface area contributed by atoms with E-state index in [9.17, 15) is 0 Å². The minimum Gasteiger partial charge on any atom is -0.478 e. The zero-order valence-corrected chi connectivity index (χ0v) is 15.2. The smallest absolute Gasteiger partial charge is 0.210 e. The van der Waals surface area contributed by atoms with Gasteiger partial charge in [0, 0.05) is 15.2 Å². The summed E-state index contributed by atoms with van der Waals surface area (Å²) < 4.78 is 8.90. The molecule has 0 radical (unpaired) electrons. The van der Waals surface area contributed by atoms with E-state index in [2.05, 4.69) is 51.8 Å². The van der Waals surface area contributed by atoms with Gasteiger partial charge in [-0.3, -0.25) is 4.98 Å². The molecule has 24 heavy (non-hydrogen) atoms. The van der Waals surface area contributed by atoms with Crippen LogP contribution in [0.4, 0.5) is 0 Å². The van der Waals surface area contributed by atoms with Crippen molar-refractivity contribution in [1.29, 1.82) is 0 Å². The van der Waals surface area contributed by atoms with Crippen molar-refractivity contribution >= 4 is 51.5 Å². The number of ether oxygens (including phenoxy) is 1. The lowest BCUT2D eigenvalue weighted by Crippen LogP contribution is -2.08. The van der Waals surface area contributed by atoms with Crippen molar-refractivity contribution in [2.75, 3.05) is 6.61 Å². The SMILES string of the molecule is Ic1ccc2c(/C=C/c3ccccn3)nn(C3=CCCCO3)c2c1. The maximum absolute atomic E-state index is 5.81. The van der Waals surface area contributed by atoms with Gasteiger partial charge in [-0.05, 0) is 84.0 Å². The number of aromatic nitrogens is 3. The van der Waals surface area contributed by atoms with E-state index in [0.29, 0.717) is 0 Å². The van der Waals surface area contributed by atoms with Crippen LogP contribution in [0.3, 0.4) is 0 Å². The average Bonchev–Trinajstić information content (AvgIpc) is 2.99. The molecule has 0 unspecified atom stereocenters. The second-order valence-electron chi connectivity index (χ2n) is 5.58. The summed E-state index contributed by atoms with van der Waals surface area (Å²) in [6.07, 6.45) is 9.99. The molecule has 0 saturated heterocycles. The topological polar surface area (TPSA) is 39.9 Å². The first-order valence-electron chi connectivity index (χ1n) is 7.92. The van der Waals surface area contributed by atoms with E-state index in [1.54, 1.807) is 6.20 Å². The summed E-state index contributed by atoms with van der Waals surface area (Å²) in [6.45, 7) is 0.746. The summed E-state index contributed by atoms with van der Waals surface area (Å²) in [6, 6.07) is 12.2. The average molecular weight is 429 g/mol. The monoisotopic (exact) mass is 429 g/mol. The predicted molar refractivity (Wildman–Crippen MR) is 105 cm³/mol. The normalized spacial score (nSPS) is 14.8. The van der Waals surface area contributed by atoms with Crippen LogP contribution < -0.4 is 0 Å². The zero-order valence-electron chi connectivity index (χ0n) is 13.0. The molecule has 1 aliphatic heterocycles. The van der Waals surface area contributed by atoms with E-state index in [1.165, 1.54) is 3.57 Å². The predicted octanol–water partition coefficient (Wildman–Crippen LogP) is 4.82. The number of fused-ring (bicyclic) bond motifs is 1. The molecule has 0 atom stereocenters. The molecule has 0 amide bonds. The van der Waals surface area contributed by atoms with Crippen molar-refractivity contribution in [3.8, 4) is 0 Å². The van der Waals surface area contributed by atoms with Crippen LogP contribution in [0, 0.1) is 3.57 Å². The van der Waals surface area contributed by atoms with Gasteiger partial charge in [-0.1, -0.05) is 6.07 Å². The van der Waals surface area contributed by atoms with Gasteiger partial charge in [0.15, 0.2) is 0 Å². The fourth-order valence-corrected chi connectivity index (χ4v) is 3.21. The number of rotatable bonds is 3. The lowest BCUT2D eigenvalue weighted by molar-refractivity contribution is 0.237. The van der Waals surface area contributed by atoms with Crippen molar-refractivity contribution in [2.24, 2.45) is 0 Å². The largest absolute Gasteiger partial charge is 0.478 e. The first-order chi connectivity index (χ1) is 11.8. The van der Waals surface area contributed by atoms with Crippen molar-refractivity contribution in [1.82, 2.24) is 14.8 Å². The molecule has 0 aliphatic carbocycles. The number of nitrogens with zero attached hydrogens (tertiary/aromatic N) is 3. The van der Waals surface area contributed by atoms with Crippen LogP contribution in [0.1, 0.15) is 24.2 Å². The van der Waals surface area contributed by atoms with Crippen LogP contribution in [0.25, 0.3) is 28.9 Å². The van der Waals surface area contributed by atoms with Crippen LogP contribution in [0.15, 0.2) is 48.7 Å². The molecule has 2 aromatic heterocycles. The van der Waals surface area contributed by atoms with E-state index in [1.807, 2.05) is 35.0 Å². The van der Waals surface area contributed by atoms with Crippen LogP contribution in [0.2, 0.25) is 0 Å². The van der Waals surface area contributed by atoms with Gasteiger partial charge >= 0.3 is 0 Å². The highest BCUT2D eigenvalue weighted by Gasteiger charge is 2.15. The van der Waals surface area contributed by atoms with Crippen LogP contribution in [0.5, 0.6) is 0 Å². The van der Waals surface area contributed by atoms with Crippen molar-refractivity contribution in [3.05, 3.63) is 63.6 Å². The molecule has 0 fully saturated rings. The Hall–Kier alpha value is -2.15. The first-order valence-corrected chi connectivity index (χ1v) is 9.00. The van der Waals surface area contributed by atoms with Gasteiger partial charge in [0.2, 0.25) is 5.88 Å². The number of hydrogen-bond donors (Lipinski definition) is 0. The van der Waals surface area contributed by atoms with E-state index < -0.39 is 0 Å². The number of hydrogen-bond acceptors (Lipinski definition) is 3. The number of allylic oxidation sites excluding steroid dienone is 1. The Balaban J connectivity index is 1.81. The Morgan fingerprint density at radius 2 is 2.12 bits per heavy atom. The molecule has 0 N–H and O–H groups in total. The van der Waals surface area contributed by atoms with Gasteiger partial charge in [-0.2, -0.15) is 5.10 Å². The van der Waals surface area contributed by atoms with Crippen molar-refractivity contribution in [2.45, 2.75) is 12.8 Å². The minimum absolute atomic E-state index is 0.746. The Morgan fingerprint density at radius 3 is 2.92 bits per heavy atom. The maximum Gasteiger partial charge on any atom is 0.210 e. The van der Waals surface area contributed by atoms with Gasteiger partial charge in [-0.15, -0.1) is 0 Å². The standard InChI is InChI=1S/C19H16IN3O/c20-14-7-9-16-17(10-8-15-5-1-3-11-21-15)22-23(18(16)13-14)19-6-2-4-12-24-19/h1,3,5-11,13H,2,4,12H2/b10-8+. The molecular weight excluding hydrogens is 413 g/mol. The van der Waals surface area contributed by atoms with Gasteiger partial charge in [-0.25, -0.2) is 4.68 Å². The third kappa shape index (κ3) is 3.08. The molecule has 3 aromatic rings. The lowest BCUT2D eigenvalue weighted by atomic mass is 10.2. The summed E-state index contributed by atoms with van der Waals surface area (Å²) in [5, 5.41) is 5.88. The van der Waals surface area contributed by atoms with Crippen LogP contribution >= 0.6 is 22.6 Å². The Morgan fingerprint density at radius 1 is 1.17 bits per heavy atom. The van der Waals surface area contributed by atoms with E-state index >= 15 is 0 Å². The van der Waals surface area contributed by atoms with Gasteiger partial charge < -0.3 is 4.74 Å². The van der Waals surface area contributed by atoms with Gasteiger partial charge in [0.25, 0.3) is 0 Å². The summed E-state index contributed by atoms with van der Waals surface area (Å²) in [5.74, 6) is 0.825. The van der Waals surface area contributed by atoms with Crippen LogP contribution in [-0.4, -0.2) is 21.4 Å². The molecule has 1 aromatic carbocycles. The summed E-state index contributed by atoms with van der Waals surface area (Å²) >= 11 is 2.33.